The fraction of sp³-hybridized carbons (Fsp3) is 0.778. The number of hydrogen-bond acceptors (Lipinski definition) is 3. The zero-order chi connectivity index (χ0) is 10.3. The summed E-state index contributed by atoms with van der Waals surface area (Å²) in [5, 5.41) is 17.0. The van der Waals surface area contributed by atoms with Crippen molar-refractivity contribution < 1.29 is 9.90 Å². The molecule has 0 aromatic rings. The molecular formula is C9H16N2O2. The molecule has 0 bridgehead atoms. The summed E-state index contributed by atoms with van der Waals surface area (Å²) in [6.07, 6.45) is 0.602. The number of rotatable bonds is 6. The number of carbonyl (C=O) groups is 1. The zero-order valence-corrected chi connectivity index (χ0v) is 8.16. The van der Waals surface area contributed by atoms with Gasteiger partial charge in [-0.3, -0.25) is 9.69 Å². The van der Waals surface area contributed by atoms with Gasteiger partial charge in [-0.05, 0) is 19.5 Å². The first-order chi connectivity index (χ1) is 6.11. The maximum Gasteiger partial charge on any atom is 0.306 e. The summed E-state index contributed by atoms with van der Waals surface area (Å²) < 4.78 is 0. The molecule has 0 fully saturated rings. The summed E-state index contributed by atoms with van der Waals surface area (Å²) in [4.78, 5) is 12.4. The fourth-order valence-corrected chi connectivity index (χ4v) is 0.949. The number of carboxylic acids is 1. The van der Waals surface area contributed by atoms with Crippen molar-refractivity contribution in [1.82, 2.24) is 4.90 Å². The minimum atomic E-state index is -0.770. The predicted molar refractivity (Wildman–Crippen MR) is 49.1 cm³/mol. The van der Waals surface area contributed by atoms with Gasteiger partial charge in [0.1, 0.15) is 0 Å². The summed E-state index contributed by atoms with van der Waals surface area (Å²) in [5.41, 5.74) is 0. The van der Waals surface area contributed by atoms with Crippen LogP contribution in [0.5, 0.6) is 0 Å². The Morgan fingerprint density at radius 3 is 2.69 bits per heavy atom. The lowest BCUT2D eigenvalue weighted by atomic mass is 10.1. The monoisotopic (exact) mass is 184 g/mol. The number of nitriles is 1. The van der Waals surface area contributed by atoms with Crippen LogP contribution >= 0.6 is 0 Å². The highest BCUT2D eigenvalue weighted by atomic mass is 16.4. The van der Waals surface area contributed by atoms with E-state index in [9.17, 15) is 4.79 Å². The highest BCUT2D eigenvalue weighted by molar-refractivity contribution is 5.69. The van der Waals surface area contributed by atoms with Gasteiger partial charge in [-0.2, -0.15) is 5.26 Å². The van der Waals surface area contributed by atoms with E-state index < -0.39 is 5.97 Å². The molecule has 0 aliphatic carbocycles. The number of hydrogen-bond donors (Lipinski definition) is 1. The first-order valence-electron chi connectivity index (χ1n) is 4.43. The van der Waals surface area contributed by atoms with Crippen molar-refractivity contribution in [1.29, 1.82) is 5.26 Å². The van der Waals surface area contributed by atoms with Gasteiger partial charge in [0.15, 0.2) is 0 Å². The van der Waals surface area contributed by atoms with E-state index >= 15 is 0 Å². The third-order valence-corrected chi connectivity index (χ3v) is 2.04. The molecule has 0 amide bonds. The standard InChI is InChI=1S/C9H16N2O2/c1-3-11(7-5-10)6-4-8(2)9(12)13/h8H,3-4,6-7H2,1-2H3,(H,12,13)/t8-/m0/s1. The van der Waals surface area contributed by atoms with Crippen molar-refractivity contribution in [2.45, 2.75) is 20.3 Å². The lowest BCUT2D eigenvalue weighted by molar-refractivity contribution is -0.141. The van der Waals surface area contributed by atoms with Gasteiger partial charge in [-0.15, -0.1) is 0 Å². The third kappa shape index (κ3) is 5.21. The van der Waals surface area contributed by atoms with Gasteiger partial charge < -0.3 is 5.11 Å². The van der Waals surface area contributed by atoms with Crippen LogP contribution in [0.1, 0.15) is 20.3 Å². The van der Waals surface area contributed by atoms with Crippen molar-refractivity contribution in [3.63, 3.8) is 0 Å². The quantitative estimate of drug-likeness (QED) is 0.624. The topological polar surface area (TPSA) is 64.3 Å². The maximum absolute atomic E-state index is 10.5. The number of nitrogens with zero attached hydrogens (tertiary/aromatic N) is 2. The van der Waals surface area contributed by atoms with Crippen LogP contribution in [0, 0.1) is 17.2 Å². The SMILES string of the molecule is CCN(CC#N)CC[C@H](C)C(=O)O. The molecule has 0 aliphatic heterocycles. The van der Waals surface area contributed by atoms with Crippen LogP contribution in [-0.4, -0.2) is 35.6 Å². The maximum atomic E-state index is 10.5. The molecule has 0 rings (SSSR count). The predicted octanol–water partition coefficient (Wildman–Crippen LogP) is 0.943. The Bertz CT molecular complexity index is 198. The molecule has 4 heteroatoms. The largest absolute Gasteiger partial charge is 0.481 e. The zero-order valence-electron chi connectivity index (χ0n) is 8.16. The molecule has 0 radical (unpaired) electrons. The fourth-order valence-electron chi connectivity index (χ4n) is 0.949. The Morgan fingerprint density at radius 2 is 2.31 bits per heavy atom. The van der Waals surface area contributed by atoms with Crippen LogP contribution in [0.4, 0.5) is 0 Å². The molecule has 0 aromatic carbocycles. The summed E-state index contributed by atoms with van der Waals surface area (Å²) in [5.74, 6) is -1.10. The smallest absolute Gasteiger partial charge is 0.306 e. The second-order valence-corrected chi connectivity index (χ2v) is 3.05. The van der Waals surface area contributed by atoms with Crippen molar-refractivity contribution in [2.24, 2.45) is 5.92 Å². The second kappa shape index (κ2) is 6.44. The second-order valence-electron chi connectivity index (χ2n) is 3.05. The van der Waals surface area contributed by atoms with E-state index in [4.69, 9.17) is 10.4 Å². The van der Waals surface area contributed by atoms with Gasteiger partial charge in [0.05, 0.1) is 18.5 Å². The molecule has 1 atom stereocenters. The van der Waals surface area contributed by atoms with Crippen LogP contribution in [0.2, 0.25) is 0 Å². The first kappa shape index (κ1) is 11.9. The lowest BCUT2D eigenvalue weighted by Gasteiger charge is -2.17. The molecule has 0 saturated heterocycles. The van der Waals surface area contributed by atoms with E-state index in [-0.39, 0.29) is 5.92 Å². The average Bonchev–Trinajstić information content (AvgIpc) is 2.11. The van der Waals surface area contributed by atoms with Crippen LogP contribution in [0.15, 0.2) is 0 Å². The summed E-state index contributed by atoms with van der Waals surface area (Å²) in [6.45, 7) is 5.49. The Morgan fingerprint density at radius 1 is 1.69 bits per heavy atom. The number of aliphatic carboxylic acids is 1. The van der Waals surface area contributed by atoms with Gasteiger partial charge in [-0.25, -0.2) is 0 Å². The molecular weight excluding hydrogens is 168 g/mol. The van der Waals surface area contributed by atoms with Crippen molar-refractivity contribution >= 4 is 5.97 Å². The van der Waals surface area contributed by atoms with E-state index in [0.29, 0.717) is 19.5 Å². The Balaban J connectivity index is 3.72. The molecule has 4 nitrogen and oxygen atoms in total. The minimum Gasteiger partial charge on any atom is -0.481 e. The normalized spacial score (nSPS) is 12.5. The van der Waals surface area contributed by atoms with Crippen LogP contribution in [0.25, 0.3) is 0 Å². The van der Waals surface area contributed by atoms with Crippen LogP contribution in [0.3, 0.4) is 0 Å². The molecule has 13 heavy (non-hydrogen) atoms. The lowest BCUT2D eigenvalue weighted by Crippen LogP contribution is -2.27. The Labute approximate surface area is 78.8 Å². The molecule has 0 saturated carbocycles. The average molecular weight is 184 g/mol. The van der Waals surface area contributed by atoms with E-state index in [1.807, 2.05) is 11.8 Å². The van der Waals surface area contributed by atoms with Gasteiger partial charge >= 0.3 is 5.97 Å². The highest BCUT2D eigenvalue weighted by Gasteiger charge is 2.12. The molecule has 0 heterocycles. The van der Waals surface area contributed by atoms with Crippen LogP contribution < -0.4 is 0 Å². The molecule has 1 N–H and O–H groups in total. The van der Waals surface area contributed by atoms with E-state index in [1.54, 1.807) is 6.92 Å². The molecule has 0 spiro atoms. The molecule has 0 aromatic heterocycles. The van der Waals surface area contributed by atoms with E-state index in [0.717, 1.165) is 6.54 Å². The van der Waals surface area contributed by atoms with E-state index in [2.05, 4.69) is 6.07 Å². The van der Waals surface area contributed by atoms with Gasteiger partial charge in [-0.1, -0.05) is 13.8 Å². The Hall–Kier alpha value is -1.08. The van der Waals surface area contributed by atoms with Crippen LogP contribution in [-0.2, 0) is 4.79 Å². The van der Waals surface area contributed by atoms with E-state index in [1.165, 1.54) is 0 Å². The summed E-state index contributed by atoms with van der Waals surface area (Å²) in [7, 11) is 0. The summed E-state index contributed by atoms with van der Waals surface area (Å²) >= 11 is 0. The minimum absolute atomic E-state index is 0.326. The molecule has 0 aliphatic rings. The number of carboxylic acid groups (broad SMARTS) is 1. The van der Waals surface area contributed by atoms with Crippen molar-refractivity contribution in [3.05, 3.63) is 0 Å². The van der Waals surface area contributed by atoms with Gasteiger partial charge in [0.2, 0.25) is 0 Å². The first-order valence-corrected chi connectivity index (χ1v) is 4.43. The molecule has 74 valence electrons. The van der Waals surface area contributed by atoms with Gasteiger partial charge in [0.25, 0.3) is 0 Å². The van der Waals surface area contributed by atoms with Crippen molar-refractivity contribution in [2.75, 3.05) is 19.6 Å². The molecule has 0 unspecified atom stereocenters. The highest BCUT2D eigenvalue weighted by Crippen LogP contribution is 2.03. The summed E-state index contributed by atoms with van der Waals surface area (Å²) in [6, 6.07) is 2.05. The Kier molecular flexibility index (Phi) is 5.90. The third-order valence-electron chi connectivity index (χ3n) is 2.04. The van der Waals surface area contributed by atoms with Gasteiger partial charge in [0, 0.05) is 0 Å². The van der Waals surface area contributed by atoms with Crippen molar-refractivity contribution in [3.8, 4) is 6.07 Å².